The zero-order valence-corrected chi connectivity index (χ0v) is 15.1. The van der Waals surface area contributed by atoms with Gasteiger partial charge in [0.25, 0.3) is 0 Å². The van der Waals surface area contributed by atoms with E-state index < -0.39 is 0 Å². The quantitative estimate of drug-likeness (QED) is 0.652. The van der Waals surface area contributed by atoms with E-state index in [0.29, 0.717) is 5.96 Å². The van der Waals surface area contributed by atoms with Crippen LogP contribution in [0.4, 0.5) is 11.4 Å². The van der Waals surface area contributed by atoms with Crippen LogP contribution >= 0.6 is 0 Å². The molecule has 1 aliphatic rings. The van der Waals surface area contributed by atoms with Crippen LogP contribution < -0.4 is 9.80 Å². The molecule has 24 heavy (non-hydrogen) atoms. The van der Waals surface area contributed by atoms with Gasteiger partial charge < -0.3 is 9.80 Å². The molecule has 0 unspecified atom stereocenters. The number of guanidine groups is 1. The topological polar surface area (TPSA) is 30.3 Å². The van der Waals surface area contributed by atoms with E-state index in [1.165, 1.54) is 28.8 Å². The molecule has 3 nitrogen and oxygen atoms in total. The van der Waals surface area contributed by atoms with Crippen LogP contribution in [0.5, 0.6) is 0 Å². The predicted octanol–water partition coefficient (Wildman–Crippen LogP) is 4.77. The van der Waals surface area contributed by atoms with Gasteiger partial charge in [-0.25, -0.2) is 0 Å². The fourth-order valence-electron chi connectivity index (χ4n) is 3.58. The number of fused-ring (bicyclic) bond motifs is 1. The number of hydrogen-bond donors (Lipinski definition) is 1. The van der Waals surface area contributed by atoms with Crippen LogP contribution in [0.15, 0.2) is 42.5 Å². The summed E-state index contributed by atoms with van der Waals surface area (Å²) in [5.74, 6) is 0.524. The lowest BCUT2D eigenvalue weighted by Crippen LogP contribution is -2.46. The average molecular weight is 321 g/mol. The zero-order valence-electron chi connectivity index (χ0n) is 15.1. The minimum absolute atomic E-state index is 0.233. The van der Waals surface area contributed by atoms with E-state index in [4.69, 9.17) is 5.41 Å². The van der Waals surface area contributed by atoms with Gasteiger partial charge in [-0.1, -0.05) is 24.3 Å². The van der Waals surface area contributed by atoms with Gasteiger partial charge in [0.2, 0.25) is 5.96 Å². The first-order chi connectivity index (χ1) is 11.5. The number of nitrogens with one attached hydrogen (secondary N) is 1. The minimum Gasteiger partial charge on any atom is -0.316 e. The second kappa shape index (κ2) is 6.68. The van der Waals surface area contributed by atoms with Gasteiger partial charge in [0.1, 0.15) is 0 Å². The van der Waals surface area contributed by atoms with Crippen LogP contribution in [0.1, 0.15) is 37.0 Å². The van der Waals surface area contributed by atoms with Crippen molar-refractivity contribution >= 4 is 17.3 Å². The molecule has 3 rings (SSSR count). The van der Waals surface area contributed by atoms with Crippen molar-refractivity contribution in [1.82, 2.24) is 0 Å². The van der Waals surface area contributed by atoms with Crippen LogP contribution in [-0.4, -0.2) is 19.0 Å². The molecule has 0 spiro atoms. The van der Waals surface area contributed by atoms with E-state index in [0.717, 1.165) is 18.5 Å². The Morgan fingerprint density at radius 2 is 1.83 bits per heavy atom. The Kier molecular flexibility index (Phi) is 4.61. The van der Waals surface area contributed by atoms with Crippen molar-refractivity contribution in [2.45, 2.75) is 46.1 Å². The van der Waals surface area contributed by atoms with E-state index in [-0.39, 0.29) is 6.04 Å². The van der Waals surface area contributed by atoms with Crippen molar-refractivity contribution in [1.29, 1.82) is 5.41 Å². The molecule has 0 heterocycles. The molecule has 1 aliphatic carbocycles. The minimum atomic E-state index is 0.233. The summed E-state index contributed by atoms with van der Waals surface area (Å²) < 4.78 is 0. The second-order valence-electron chi connectivity index (χ2n) is 6.95. The summed E-state index contributed by atoms with van der Waals surface area (Å²) in [5.41, 5.74) is 6.34. The Hall–Kier alpha value is -2.29. The van der Waals surface area contributed by atoms with E-state index in [1.807, 2.05) is 18.0 Å². The molecule has 0 saturated carbocycles. The van der Waals surface area contributed by atoms with Crippen LogP contribution in [0, 0.1) is 12.3 Å². The molecule has 0 radical (unpaired) electrons. The highest BCUT2D eigenvalue weighted by molar-refractivity contribution is 6.05. The van der Waals surface area contributed by atoms with Crippen LogP contribution in [0.3, 0.4) is 0 Å². The van der Waals surface area contributed by atoms with Gasteiger partial charge in [-0.15, -0.1) is 0 Å². The van der Waals surface area contributed by atoms with E-state index >= 15 is 0 Å². The Balaban J connectivity index is 1.97. The number of nitrogens with zero attached hydrogens (tertiary/aromatic N) is 2. The van der Waals surface area contributed by atoms with Gasteiger partial charge >= 0.3 is 0 Å². The van der Waals surface area contributed by atoms with Gasteiger partial charge in [-0.05, 0) is 74.9 Å². The predicted molar refractivity (Wildman–Crippen MR) is 103 cm³/mol. The number of hydrogen-bond acceptors (Lipinski definition) is 1. The Bertz CT molecular complexity index is 748. The lowest BCUT2D eigenvalue weighted by atomic mass is 10.1. The highest BCUT2D eigenvalue weighted by Crippen LogP contribution is 2.33. The highest BCUT2D eigenvalue weighted by atomic mass is 15.4. The molecule has 0 amide bonds. The molecule has 1 N–H and O–H groups in total. The molecule has 0 aliphatic heterocycles. The summed E-state index contributed by atoms with van der Waals surface area (Å²) in [5, 5.41) is 8.84. The molecule has 126 valence electrons. The van der Waals surface area contributed by atoms with Gasteiger partial charge in [-0.2, -0.15) is 0 Å². The normalized spacial score (nSPS) is 13.0. The van der Waals surface area contributed by atoms with Gasteiger partial charge in [0.05, 0.1) is 0 Å². The van der Waals surface area contributed by atoms with Gasteiger partial charge in [0, 0.05) is 24.5 Å². The summed E-state index contributed by atoms with van der Waals surface area (Å²) in [4.78, 5) is 4.13. The molecule has 2 aromatic carbocycles. The molecule has 2 aromatic rings. The zero-order chi connectivity index (χ0) is 17.3. The molecule has 0 aromatic heterocycles. The summed E-state index contributed by atoms with van der Waals surface area (Å²) in [6, 6.07) is 15.1. The Labute approximate surface area is 145 Å². The lowest BCUT2D eigenvalue weighted by Gasteiger charge is -2.35. The highest BCUT2D eigenvalue weighted by Gasteiger charge is 2.25. The first kappa shape index (κ1) is 16.6. The molecule has 0 saturated heterocycles. The van der Waals surface area contributed by atoms with Crippen molar-refractivity contribution in [2.75, 3.05) is 16.8 Å². The van der Waals surface area contributed by atoms with Crippen LogP contribution in [0.25, 0.3) is 0 Å². The maximum Gasteiger partial charge on any atom is 0.202 e. The summed E-state index contributed by atoms with van der Waals surface area (Å²) >= 11 is 0. The maximum absolute atomic E-state index is 8.84. The van der Waals surface area contributed by atoms with Gasteiger partial charge in [-0.3, -0.25) is 5.41 Å². The van der Waals surface area contributed by atoms with Gasteiger partial charge in [0.15, 0.2) is 0 Å². The summed E-state index contributed by atoms with van der Waals surface area (Å²) in [6.45, 7) is 6.41. The van der Waals surface area contributed by atoms with E-state index in [2.05, 4.69) is 62.1 Å². The number of anilines is 2. The fraction of sp³-hybridized carbons (Fsp3) is 0.381. The van der Waals surface area contributed by atoms with Crippen LogP contribution in [0.2, 0.25) is 0 Å². The number of rotatable bonds is 3. The lowest BCUT2D eigenvalue weighted by molar-refractivity contribution is 0.788. The van der Waals surface area contributed by atoms with E-state index in [1.54, 1.807) is 0 Å². The number of aryl methyl sites for hydroxylation is 2. The van der Waals surface area contributed by atoms with E-state index in [9.17, 15) is 0 Å². The van der Waals surface area contributed by atoms with Crippen molar-refractivity contribution in [3.05, 3.63) is 59.2 Å². The standard InChI is InChI=1S/C21H27N3/c1-15(2)24(20-13-7-10-17-9-6-12-19(17)20)21(22)23(4)18-11-5-8-16(3)14-18/h5,7-8,10-11,13-15,22H,6,9,12H2,1-4H3. The average Bonchev–Trinajstić information content (AvgIpc) is 3.03. The SMILES string of the molecule is Cc1cccc(N(C)C(=N)N(c2cccc3c2CCC3)C(C)C)c1. The Morgan fingerprint density at radius 3 is 2.54 bits per heavy atom. The smallest absolute Gasteiger partial charge is 0.202 e. The van der Waals surface area contributed by atoms with Crippen molar-refractivity contribution in [3.8, 4) is 0 Å². The first-order valence-electron chi connectivity index (χ1n) is 8.78. The summed E-state index contributed by atoms with van der Waals surface area (Å²) in [6.07, 6.45) is 3.51. The van der Waals surface area contributed by atoms with Crippen molar-refractivity contribution < 1.29 is 0 Å². The van der Waals surface area contributed by atoms with Crippen LogP contribution in [-0.2, 0) is 12.8 Å². The van der Waals surface area contributed by atoms with Crippen molar-refractivity contribution in [2.24, 2.45) is 0 Å². The monoisotopic (exact) mass is 321 g/mol. The third-order valence-electron chi connectivity index (χ3n) is 4.83. The maximum atomic E-state index is 8.84. The molecule has 0 atom stereocenters. The molecular weight excluding hydrogens is 294 g/mol. The molecule has 3 heteroatoms. The third-order valence-corrected chi connectivity index (χ3v) is 4.83. The fourth-order valence-corrected chi connectivity index (χ4v) is 3.58. The third kappa shape index (κ3) is 3.03. The molecule has 0 fully saturated rings. The largest absolute Gasteiger partial charge is 0.316 e. The molecular formula is C21H27N3. The Morgan fingerprint density at radius 1 is 1.08 bits per heavy atom. The number of benzene rings is 2. The van der Waals surface area contributed by atoms with Crippen molar-refractivity contribution in [3.63, 3.8) is 0 Å². The molecule has 0 bridgehead atoms. The second-order valence-corrected chi connectivity index (χ2v) is 6.95. The first-order valence-corrected chi connectivity index (χ1v) is 8.78. The summed E-state index contributed by atoms with van der Waals surface area (Å²) in [7, 11) is 1.98.